The van der Waals surface area contributed by atoms with Crippen LogP contribution in [0, 0.1) is 5.41 Å². The molecule has 0 heterocycles. The van der Waals surface area contributed by atoms with E-state index in [1.54, 1.807) is 21.0 Å². The molecule has 19 heavy (non-hydrogen) atoms. The van der Waals surface area contributed by atoms with Gasteiger partial charge in [0.05, 0.1) is 19.1 Å². The molecular formula is C15H22O4. The molecule has 0 aromatic heterocycles. The molecule has 0 unspecified atom stereocenters. The summed E-state index contributed by atoms with van der Waals surface area (Å²) >= 11 is 0. The molecule has 0 spiro atoms. The van der Waals surface area contributed by atoms with Crippen LogP contribution < -0.4 is 9.47 Å². The van der Waals surface area contributed by atoms with Crippen molar-refractivity contribution in [2.75, 3.05) is 13.7 Å². The SMILES string of the molecule is COc1ccccc1OCCCCC(C)(C)C(=O)O. The standard InChI is InChI=1S/C15H22O4/c1-15(2,14(16)17)10-6-7-11-19-13-9-5-4-8-12(13)18-3/h4-5,8-9H,6-7,10-11H2,1-3H3,(H,16,17). The lowest BCUT2D eigenvalue weighted by molar-refractivity contribution is -0.147. The van der Waals surface area contributed by atoms with E-state index in [1.807, 2.05) is 24.3 Å². The van der Waals surface area contributed by atoms with Crippen molar-refractivity contribution >= 4 is 5.97 Å². The van der Waals surface area contributed by atoms with E-state index in [0.29, 0.717) is 18.8 Å². The van der Waals surface area contributed by atoms with E-state index in [4.69, 9.17) is 14.6 Å². The number of rotatable bonds is 8. The second kappa shape index (κ2) is 7.02. The summed E-state index contributed by atoms with van der Waals surface area (Å²) in [6, 6.07) is 7.50. The summed E-state index contributed by atoms with van der Waals surface area (Å²) in [6.07, 6.45) is 2.31. The van der Waals surface area contributed by atoms with E-state index in [2.05, 4.69) is 0 Å². The quantitative estimate of drug-likeness (QED) is 0.733. The molecule has 0 aliphatic carbocycles. The molecule has 0 saturated carbocycles. The predicted molar refractivity (Wildman–Crippen MR) is 73.8 cm³/mol. The first-order valence-electron chi connectivity index (χ1n) is 6.46. The Bertz CT molecular complexity index is 412. The van der Waals surface area contributed by atoms with Gasteiger partial charge in [-0.15, -0.1) is 0 Å². The molecule has 1 aromatic carbocycles. The maximum Gasteiger partial charge on any atom is 0.309 e. The van der Waals surface area contributed by atoms with Crippen molar-refractivity contribution in [3.8, 4) is 11.5 Å². The average Bonchev–Trinajstić information content (AvgIpc) is 2.38. The Kier molecular flexibility index (Phi) is 5.67. The van der Waals surface area contributed by atoms with Crippen LogP contribution in [0.1, 0.15) is 33.1 Å². The molecule has 0 fully saturated rings. The normalized spacial score (nSPS) is 11.1. The molecule has 0 aliphatic heterocycles. The summed E-state index contributed by atoms with van der Waals surface area (Å²) in [4.78, 5) is 10.9. The summed E-state index contributed by atoms with van der Waals surface area (Å²) in [5.74, 6) is 0.689. The van der Waals surface area contributed by atoms with Gasteiger partial charge in [0.15, 0.2) is 11.5 Å². The van der Waals surface area contributed by atoms with Crippen LogP contribution in [0.2, 0.25) is 0 Å². The van der Waals surface area contributed by atoms with E-state index in [9.17, 15) is 4.79 Å². The molecule has 0 bridgehead atoms. The average molecular weight is 266 g/mol. The minimum Gasteiger partial charge on any atom is -0.493 e. The first kappa shape index (κ1) is 15.3. The molecule has 0 radical (unpaired) electrons. The van der Waals surface area contributed by atoms with Gasteiger partial charge in [-0.3, -0.25) is 4.79 Å². The Labute approximate surface area is 114 Å². The lowest BCUT2D eigenvalue weighted by Gasteiger charge is -2.18. The predicted octanol–water partition coefficient (Wildman–Crippen LogP) is 3.36. The largest absolute Gasteiger partial charge is 0.493 e. The number of hydrogen-bond donors (Lipinski definition) is 1. The van der Waals surface area contributed by atoms with Crippen molar-refractivity contribution in [2.45, 2.75) is 33.1 Å². The van der Waals surface area contributed by atoms with Gasteiger partial charge in [0.2, 0.25) is 0 Å². The first-order valence-corrected chi connectivity index (χ1v) is 6.46. The second-order valence-corrected chi connectivity index (χ2v) is 5.15. The third-order valence-corrected chi connectivity index (χ3v) is 3.10. The Morgan fingerprint density at radius 2 is 1.84 bits per heavy atom. The van der Waals surface area contributed by atoms with E-state index in [-0.39, 0.29) is 0 Å². The van der Waals surface area contributed by atoms with Crippen molar-refractivity contribution in [3.63, 3.8) is 0 Å². The Morgan fingerprint density at radius 3 is 2.42 bits per heavy atom. The summed E-state index contributed by atoms with van der Waals surface area (Å²) in [5, 5.41) is 9.00. The Hall–Kier alpha value is -1.71. The zero-order chi connectivity index (χ0) is 14.3. The van der Waals surface area contributed by atoms with E-state index < -0.39 is 11.4 Å². The van der Waals surface area contributed by atoms with Gasteiger partial charge in [0, 0.05) is 0 Å². The zero-order valence-electron chi connectivity index (χ0n) is 11.8. The zero-order valence-corrected chi connectivity index (χ0v) is 11.8. The van der Waals surface area contributed by atoms with E-state index in [1.165, 1.54) is 0 Å². The van der Waals surface area contributed by atoms with Crippen LogP contribution in [0.4, 0.5) is 0 Å². The van der Waals surface area contributed by atoms with Crippen LogP contribution in [-0.4, -0.2) is 24.8 Å². The first-order chi connectivity index (χ1) is 8.97. The highest BCUT2D eigenvalue weighted by Crippen LogP contribution is 2.27. The van der Waals surface area contributed by atoms with Gasteiger partial charge in [-0.05, 0) is 45.2 Å². The van der Waals surface area contributed by atoms with Crippen molar-refractivity contribution in [1.82, 2.24) is 0 Å². The highest BCUT2D eigenvalue weighted by Gasteiger charge is 2.25. The molecule has 4 heteroatoms. The van der Waals surface area contributed by atoms with E-state index in [0.717, 1.165) is 18.6 Å². The number of methoxy groups -OCH3 is 1. The highest BCUT2D eigenvalue weighted by atomic mass is 16.5. The molecule has 4 nitrogen and oxygen atoms in total. The van der Waals surface area contributed by atoms with Crippen molar-refractivity contribution < 1.29 is 19.4 Å². The highest BCUT2D eigenvalue weighted by molar-refractivity contribution is 5.73. The minimum atomic E-state index is -0.752. The molecule has 106 valence electrons. The van der Waals surface area contributed by atoms with Crippen LogP contribution in [0.3, 0.4) is 0 Å². The molecule has 1 rings (SSSR count). The number of carbonyl (C=O) groups is 1. The van der Waals surface area contributed by atoms with Gasteiger partial charge in [-0.1, -0.05) is 12.1 Å². The molecule has 1 aromatic rings. The van der Waals surface area contributed by atoms with Gasteiger partial charge >= 0.3 is 5.97 Å². The van der Waals surface area contributed by atoms with Crippen LogP contribution in [-0.2, 0) is 4.79 Å². The lowest BCUT2D eigenvalue weighted by Crippen LogP contribution is -2.23. The van der Waals surface area contributed by atoms with Crippen LogP contribution in [0.25, 0.3) is 0 Å². The lowest BCUT2D eigenvalue weighted by atomic mass is 9.87. The molecule has 0 saturated heterocycles. The van der Waals surface area contributed by atoms with Crippen molar-refractivity contribution in [3.05, 3.63) is 24.3 Å². The fourth-order valence-corrected chi connectivity index (χ4v) is 1.70. The fraction of sp³-hybridized carbons (Fsp3) is 0.533. The summed E-state index contributed by atoms with van der Waals surface area (Å²) in [6.45, 7) is 4.06. The van der Waals surface area contributed by atoms with Gasteiger partial charge in [-0.25, -0.2) is 0 Å². The minimum absolute atomic E-state index is 0.566. The van der Waals surface area contributed by atoms with Crippen LogP contribution in [0.5, 0.6) is 11.5 Å². The van der Waals surface area contributed by atoms with Crippen LogP contribution in [0.15, 0.2) is 24.3 Å². The molecule has 1 N–H and O–H groups in total. The number of carboxylic acid groups (broad SMARTS) is 1. The summed E-state index contributed by atoms with van der Waals surface area (Å²) in [7, 11) is 1.61. The third-order valence-electron chi connectivity index (χ3n) is 3.10. The number of unbranched alkanes of at least 4 members (excludes halogenated alkanes) is 1. The number of carboxylic acids is 1. The molecule has 0 amide bonds. The summed E-state index contributed by atoms with van der Waals surface area (Å²) in [5.41, 5.74) is -0.662. The number of aliphatic carboxylic acids is 1. The molecule has 0 aliphatic rings. The van der Waals surface area contributed by atoms with Gasteiger partial charge in [-0.2, -0.15) is 0 Å². The maximum atomic E-state index is 10.9. The van der Waals surface area contributed by atoms with Crippen LogP contribution >= 0.6 is 0 Å². The molecule has 0 atom stereocenters. The summed E-state index contributed by atoms with van der Waals surface area (Å²) < 4.78 is 10.8. The van der Waals surface area contributed by atoms with Gasteiger partial charge < -0.3 is 14.6 Å². The third kappa shape index (κ3) is 4.81. The fourth-order valence-electron chi connectivity index (χ4n) is 1.70. The topological polar surface area (TPSA) is 55.8 Å². The second-order valence-electron chi connectivity index (χ2n) is 5.15. The number of para-hydroxylation sites is 2. The van der Waals surface area contributed by atoms with Crippen molar-refractivity contribution in [2.24, 2.45) is 5.41 Å². The maximum absolute atomic E-state index is 10.9. The van der Waals surface area contributed by atoms with Gasteiger partial charge in [0.1, 0.15) is 0 Å². The monoisotopic (exact) mass is 266 g/mol. The van der Waals surface area contributed by atoms with E-state index >= 15 is 0 Å². The number of ether oxygens (including phenoxy) is 2. The number of benzene rings is 1. The molecular weight excluding hydrogens is 244 g/mol. The van der Waals surface area contributed by atoms with Gasteiger partial charge in [0.25, 0.3) is 0 Å². The Balaban J connectivity index is 2.30. The smallest absolute Gasteiger partial charge is 0.309 e. The van der Waals surface area contributed by atoms with Crippen molar-refractivity contribution in [1.29, 1.82) is 0 Å². The Morgan fingerprint density at radius 1 is 1.21 bits per heavy atom. The number of hydrogen-bond acceptors (Lipinski definition) is 3.